The summed E-state index contributed by atoms with van der Waals surface area (Å²) in [5, 5.41) is 25.0. The van der Waals surface area contributed by atoms with Gasteiger partial charge in [0, 0.05) is 11.8 Å². The molecule has 1 atom stereocenters. The molecule has 4 aromatic heterocycles. The summed E-state index contributed by atoms with van der Waals surface area (Å²) in [6.07, 6.45) is 4.32. The molecule has 1 aromatic carbocycles. The van der Waals surface area contributed by atoms with Gasteiger partial charge in [0.15, 0.2) is 17.2 Å². The highest BCUT2D eigenvalue weighted by atomic mass is 19.1. The van der Waals surface area contributed by atoms with E-state index in [4.69, 9.17) is 4.74 Å². The summed E-state index contributed by atoms with van der Waals surface area (Å²) < 4.78 is 23.4. The van der Waals surface area contributed by atoms with Gasteiger partial charge in [0.25, 0.3) is 0 Å². The number of nitrogens with zero attached hydrogens (tertiary/aromatic N) is 9. The third-order valence-electron chi connectivity index (χ3n) is 4.92. The van der Waals surface area contributed by atoms with Gasteiger partial charge >= 0.3 is 0 Å². The Balaban J connectivity index is 1.49. The van der Waals surface area contributed by atoms with Crippen LogP contribution in [0.15, 0.2) is 61.2 Å². The van der Waals surface area contributed by atoms with Gasteiger partial charge in [0.05, 0.1) is 24.0 Å². The molecule has 33 heavy (non-hydrogen) atoms. The largest absolute Gasteiger partial charge is 0.486 e. The second-order valence-electron chi connectivity index (χ2n) is 7.25. The van der Waals surface area contributed by atoms with Crippen LogP contribution in [0.4, 0.5) is 4.39 Å². The van der Waals surface area contributed by atoms with Gasteiger partial charge in [0.2, 0.25) is 0 Å². The molecular weight excluding hydrogens is 425 g/mol. The summed E-state index contributed by atoms with van der Waals surface area (Å²) in [6.45, 7) is 2.17. The first-order valence-electron chi connectivity index (χ1n) is 10.00. The Hall–Kier alpha value is -4.72. The third-order valence-corrected chi connectivity index (χ3v) is 4.92. The standard InChI is InChI=1S/C22H16FN9O/c1-14(12-31-13-27-29-30-31)33-20-9-15(4-5-17(20)23)18-6-7-21-26-11-19(32(21)28-18)22-16(10-24)3-2-8-25-22/h2-9,11,13-14H,12H2,1H3. The van der Waals surface area contributed by atoms with Gasteiger partial charge in [-0.25, -0.2) is 18.6 Å². The number of pyridine rings is 1. The Labute approximate surface area is 186 Å². The topological polar surface area (TPSA) is 120 Å². The van der Waals surface area contributed by atoms with E-state index in [1.54, 1.807) is 60.2 Å². The fourth-order valence-electron chi connectivity index (χ4n) is 3.42. The van der Waals surface area contributed by atoms with Crippen LogP contribution in [-0.2, 0) is 6.54 Å². The molecule has 0 aliphatic rings. The van der Waals surface area contributed by atoms with E-state index in [1.165, 1.54) is 17.1 Å². The van der Waals surface area contributed by atoms with Crippen LogP contribution in [-0.4, -0.2) is 45.9 Å². The summed E-state index contributed by atoms with van der Waals surface area (Å²) in [7, 11) is 0. The van der Waals surface area contributed by atoms with Crippen LogP contribution in [0.5, 0.6) is 5.75 Å². The molecule has 4 heterocycles. The highest BCUT2D eigenvalue weighted by Gasteiger charge is 2.15. The molecule has 0 bridgehead atoms. The van der Waals surface area contributed by atoms with Crippen molar-refractivity contribution in [3.63, 3.8) is 0 Å². The number of aromatic nitrogens is 8. The Morgan fingerprint density at radius 1 is 1.18 bits per heavy atom. The number of halogens is 1. The SMILES string of the molecule is CC(Cn1cnnn1)Oc1cc(-c2ccc3ncc(-c4ncccc4C#N)n3n2)ccc1F. The lowest BCUT2D eigenvalue weighted by Crippen LogP contribution is -2.20. The van der Waals surface area contributed by atoms with E-state index in [0.717, 1.165) is 0 Å². The third kappa shape index (κ3) is 3.97. The van der Waals surface area contributed by atoms with Crippen molar-refractivity contribution in [1.82, 2.24) is 39.8 Å². The van der Waals surface area contributed by atoms with Crippen molar-refractivity contribution in [3.05, 3.63) is 72.6 Å². The summed E-state index contributed by atoms with van der Waals surface area (Å²) in [6, 6.07) is 13.7. The first kappa shape index (κ1) is 20.2. The van der Waals surface area contributed by atoms with Crippen LogP contribution in [0.2, 0.25) is 0 Å². The molecule has 0 aliphatic heterocycles. The predicted molar refractivity (Wildman–Crippen MR) is 114 cm³/mol. The van der Waals surface area contributed by atoms with Gasteiger partial charge in [-0.2, -0.15) is 10.4 Å². The Morgan fingerprint density at radius 2 is 2.09 bits per heavy atom. The quantitative estimate of drug-likeness (QED) is 0.394. The molecule has 11 heteroatoms. The zero-order chi connectivity index (χ0) is 22.8. The fourth-order valence-corrected chi connectivity index (χ4v) is 3.42. The van der Waals surface area contributed by atoms with Crippen molar-refractivity contribution in [2.75, 3.05) is 0 Å². The van der Waals surface area contributed by atoms with Gasteiger partial charge in [0.1, 0.15) is 29.9 Å². The van der Waals surface area contributed by atoms with Crippen LogP contribution in [0.3, 0.4) is 0 Å². The Morgan fingerprint density at radius 3 is 2.91 bits per heavy atom. The first-order valence-corrected chi connectivity index (χ1v) is 10.00. The molecule has 0 N–H and O–H groups in total. The van der Waals surface area contributed by atoms with Crippen molar-refractivity contribution < 1.29 is 9.13 Å². The predicted octanol–water partition coefficient (Wildman–Crippen LogP) is 2.92. The van der Waals surface area contributed by atoms with Gasteiger partial charge in [-0.15, -0.1) is 5.10 Å². The number of rotatable bonds is 6. The summed E-state index contributed by atoms with van der Waals surface area (Å²) in [4.78, 5) is 8.68. The molecule has 0 radical (unpaired) electrons. The number of benzene rings is 1. The van der Waals surface area contributed by atoms with Crippen LogP contribution >= 0.6 is 0 Å². The molecule has 0 saturated carbocycles. The second-order valence-corrected chi connectivity index (χ2v) is 7.25. The number of hydrogen-bond donors (Lipinski definition) is 0. The maximum atomic E-state index is 14.5. The van der Waals surface area contributed by atoms with Gasteiger partial charge in [-0.05, 0) is 59.8 Å². The van der Waals surface area contributed by atoms with E-state index in [9.17, 15) is 9.65 Å². The van der Waals surface area contributed by atoms with Gasteiger partial charge in [-0.3, -0.25) is 4.98 Å². The zero-order valence-corrected chi connectivity index (χ0v) is 17.4. The van der Waals surface area contributed by atoms with Crippen molar-refractivity contribution in [2.45, 2.75) is 19.6 Å². The lowest BCUT2D eigenvalue weighted by Gasteiger charge is -2.15. The van der Waals surface area contributed by atoms with Crippen LogP contribution in [0.25, 0.3) is 28.3 Å². The van der Waals surface area contributed by atoms with Crippen molar-refractivity contribution in [1.29, 1.82) is 5.26 Å². The minimum atomic E-state index is -0.487. The number of ether oxygens (including phenoxy) is 1. The summed E-state index contributed by atoms with van der Waals surface area (Å²) >= 11 is 0. The lowest BCUT2D eigenvalue weighted by molar-refractivity contribution is 0.185. The molecule has 0 saturated heterocycles. The van der Waals surface area contributed by atoms with E-state index in [2.05, 4.69) is 36.7 Å². The number of nitriles is 1. The van der Waals surface area contributed by atoms with Crippen LogP contribution in [0, 0.1) is 17.1 Å². The highest BCUT2D eigenvalue weighted by molar-refractivity contribution is 5.68. The number of fused-ring (bicyclic) bond motifs is 1. The second kappa shape index (κ2) is 8.43. The molecule has 162 valence electrons. The number of hydrogen-bond acceptors (Lipinski definition) is 8. The summed E-state index contributed by atoms with van der Waals surface area (Å²) in [5.41, 5.74) is 3.31. The summed E-state index contributed by atoms with van der Waals surface area (Å²) in [5.74, 6) is -0.392. The zero-order valence-electron chi connectivity index (χ0n) is 17.4. The van der Waals surface area contributed by atoms with Crippen LogP contribution in [0.1, 0.15) is 12.5 Å². The lowest BCUT2D eigenvalue weighted by atomic mass is 10.1. The highest BCUT2D eigenvalue weighted by Crippen LogP contribution is 2.28. The first-order chi connectivity index (χ1) is 16.1. The van der Waals surface area contributed by atoms with E-state index < -0.39 is 5.82 Å². The van der Waals surface area contributed by atoms with E-state index >= 15 is 0 Å². The molecule has 10 nitrogen and oxygen atoms in total. The molecule has 0 aliphatic carbocycles. The maximum Gasteiger partial charge on any atom is 0.165 e. The normalized spacial score (nSPS) is 11.9. The smallest absolute Gasteiger partial charge is 0.165 e. The van der Waals surface area contributed by atoms with Crippen molar-refractivity contribution in [3.8, 4) is 34.5 Å². The molecule has 0 spiro atoms. The minimum absolute atomic E-state index is 0.0947. The monoisotopic (exact) mass is 441 g/mol. The minimum Gasteiger partial charge on any atom is -0.486 e. The average molecular weight is 441 g/mol. The molecule has 5 rings (SSSR count). The Kier molecular flexibility index (Phi) is 5.16. The van der Waals surface area contributed by atoms with E-state index in [1.807, 2.05) is 0 Å². The molecule has 1 unspecified atom stereocenters. The van der Waals surface area contributed by atoms with Gasteiger partial charge < -0.3 is 4.74 Å². The van der Waals surface area contributed by atoms with Gasteiger partial charge in [-0.1, -0.05) is 0 Å². The van der Waals surface area contributed by atoms with E-state index in [-0.39, 0.29) is 11.9 Å². The molecule has 5 aromatic rings. The number of tetrazole rings is 1. The molecular formula is C22H16FN9O. The van der Waals surface area contributed by atoms with Crippen molar-refractivity contribution >= 4 is 5.65 Å². The fraction of sp³-hybridized carbons (Fsp3) is 0.136. The molecule has 0 amide bonds. The van der Waals surface area contributed by atoms with Crippen molar-refractivity contribution in [2.24, 2.45) is 0 Å². The molecule has 0 fully saturated rings. The average Bonchev–Trinajstić information content (AvgIpc) is 3.50. The van der Waals surface area contributed by atoms with E-state index in [0.29, 0.717) is 40.4 Å². The van der Waals surface area contributed by atoms with Crippen LogP contribution < -0.4 is 4.74 Å². The maximum absolute atomic E-state index is 14.5. The Bertz CT molecular complexity index is 1470. The number of imidazole rings is 1.